The van der Waals surface area contributed by atoms with Gasteiger partial charge in [0.05, 0.1) is 0 Å². The van der Waals surface area contributed by atoms with E-state index < -0.39 is 10.0 Å². The molecule has 0 aliphatic carbocycles. The van der Waals surface area contributed by atoms with E-state index in [1.54, 1.807) is 6.92 Å². The van der Waals surface area contributed by atoms with Gasteiger partial charge in [-0.25, -0.2) is 13.1 Å². The van der Waals surface area contributed by atoms with Crippen molar-refractivity contribution in [1.82, 2.24) is 14.9 Å². The van der Waals surface area contributed by atoms with E-state index in [1.807, 2.05) is 0 Å². The summed E-state index contributed by atoms with van der Waals surface area (Å²) in [5.41, 5.74) is 0. The average molecular weight is 250 g/mol. The van der Waals surface area contributed by atoms with Crippen molar-refractivity contribution >= 4 is 32.4 Å². The number of amides is 1. The Morgan fingerprint density at radius 2 is 2.13 bits per heavy atom. The minimum Gasteiger partial charge on any atom is -0.301 e. The van der Waals surface area contributed by atoms with E-state index in [2.05, 4.69) is 20.2 Å². The predicted octanol–water partition coefficient (Wildman–Crippen LogP) is -0.205. The van der Waals surface area contributed by atoms with Crippen LogP contribution in [0, 0.1) is 0 Å². The van der Waals surface area contributed by atoms with E-state index in [4.69, 9.17) is 0 Å². The topological polar surface area (TPSA) is 101 Å². The molecule has 1 heterocycles. The van der Waals surface area contributed by atoms with Gasteiger partial charge in [-0.05, 0) is 0 Å². The molecule has 1 aromatic heterocycles. The summed E-state index contributed by atoms with van der Waals surface area (Å²) in [5, 5.41) is 9.50. The Hall–Kier alpha value is -1.06. The van der Waals surface area contributed by atoms with Gasteiger partial charge in [0.15, 0.2) is 0 Å². The first-order chi connectivity index (χ1) is 6.95. The van der Waals surface area contributed by atoms with Gasteiger partial charge in [-0.2, -0.15) is 0 Å². The molecule has 0 aliphatic rings. The van der Waals surface area contributed by atoms with Crippen molar-refractivity contribution in [1.29, 1.82) is 0 Å². The van der Waals surface area contributed by atoms with E-state index in [-0.39, 0.29) is 21.9 Å². The van der Waals surface area contributed by atoms with E-state index in [0.29, 0.717) is 0 Å². The molecule has 1 amide bonds. The summed E-state index contributed by atoms with van der Waals surface area (Å²) in [6.07, 6.45) is 0. The van der Waals surface area contributed by atoms with Gasteiger partial charge in [-0.3, -0.25) is 4.79 Å². The number of anilines is 1. The zero-order valence-corrected chi connectivity index (χ0v) is 9.78. The lowest BCUT2D eigenvalue weighted by Crippen LogP contribution is -2.22. The fraction of sp³-hybridized carbons (Fsp3) is 0.500. The van der Waals surface area contributed by atoms with Gasteiger partial charge in [0.1, 0.15) is 0 Å². The molecule has 0 saturated heterocycles. The Labute approximate surface area is 91.0 Å². The smallest absolute Gasteiger partial charge is 0.269 e. The van der Waals surface area contributed by atoms with Crippen molar-refractivity contribution in [2.45, 2.75) is 18.2 Å². The number of nitrogens with zero attached hydrogens (tertiary/aromatic N) is 2. The Morgan fingerprint density at radius 3 is 2.67 bits per heavy atom. The first-order valence-corrected chi connectivity index (χ1v) is 6.36. The average Bonchev–Trinajstić information content (AvgIpc) is 2.51. The number of carbonyl (C=O) groups is 1. The minimum atomic E-state index is -3.58. The number of nitrogens with one attached hydrogen (secondary N) is 2. The lowest BCUT2D eigenvalue weighted by molar-refractivity contribution is -0.114. The van der Waals surface area contributed by atoms with E-state index in [9.17, 15) is 13.2 Å². The normalized spacial score (nSPS) is 11.3. The highest BCUT2D eigenvalue weighted by atomic mass is 32.2. The molecule has 1 aromatic rings. The van der Waals surface area contributed by atoms with Crippen molar-refractivity contribution in [3.05, 3.63) is 0 Å². The third-order valence-corrected chi connectivity index (χ3v) is 4.01. The lowest BCUT2D eigenvalue weighted by Gasteiger charge is -1.97. The summed E-state index contributed by atoms with van der Waals surface area (Å²) in [6.45, 7) is 3.24. The Balaban J connectivity index is 2.89. The van der Waals surface area contributed by atoms with Crippen LogP contribution >= 0.6 is 11.3 Å². The van der Waals surface area contributed by atoms with Gasteiger partial charge in [0.2, 0.25) is 15.4 Å². The monoisotopic (exact) mass is 250 g/mol. The maximum absolute atomic E-state index is 11.4. The molecule has 7 nitrogen and oxygen atoms in total. The molecule has 0 atom stereocenters. The molecule has 15 heavy (non-hydrogen) atoms. The summed E-state index contributed by atoms with van der Waals surface area (Å²) in [5.74, 6) is -0.321. The number of hydrogen-bond donors (Lipinski definition) is 2. The second-order valence-corrected chi connectivity index (χ2v) is 5.47. The van der Waals surface area contributed by atoms with Crippen LogP contribution in [-0.2, 0) is 14.8 Å². The zero-order chi connectivity index (χ0) is 11.5. The second-order valence-electron chi connectivity index (χ2n) is 2.56. The molecular weight excluding hydrogens is 240 g/mol. The zero-order valence-electron chi connectivity index (χ0n) is 8.14. The molecule has 0 spiro atoms. The van der Waals surface area contributed by atoms with E-state index in [0.717, 1.165) is 11.3 Å². The molecular formula is C6H10N4O3S2. The van der Waals surface area contributed by atoms with Crippen LogP contribution in [0.5, 0.6) is 0 Å². The van der Waals surface area contributed by atoms with Crippen LogP contribution in [0.1, 0.15) is 13.8 Å². The van der Waals surface area contributed by atoms with Crippen molar-refractivity contribution in [2.75, 3.05) is 11.9 Å². The third-order valence-electron chi connectivity index (χ3n) is 1.25. The maximum Gasteiger partial charge on any atom is 0.269 e. The minimum absolute atomic E-state index is 0.159. The molecule has 9 heteroatoms. The van der Waals surface area contributed by atoms with E-state index >= 15 is 0 Å². The molecule has 1 rings (SSSR count). The highest BCUT2D eigenvalue weighted by Crippen LogP contribution is 2.19. The third kappa shape index (κ3) is 3.22. The standard InChI is InChI=1S/C6H10N4O3S2/c1-3-7-15(12,13)6-10-9-5(14-6)8-4(2)11/h7H,3H2,1-2H3,(H,8,9,11). The highest BCUT2D eigenvalue weighted by Gasteiger charge is 2.19. The van der Waals surface area contributed by atoms with Crippen LogP contribution in [-0.4, -0.2) is 31.1 Å². The quantitative estimate of drug-likeness (QED) is 0.720. The molecule has 2 N–H and O–H groups in total. The van der Waals surface area contributed by atoms with Crippen LogP contribution in [0.25, 0.3) is 0 Å². The number of aromatic nitrogens is 2. The van der Waals surface area contributed by atoms with Crippen LogP contribution in [0.2, 0.25) is 0 Å². The molecule has 0 unspecified atom stereocenters. The van der Waals surface area contributed by atoms with Gasteiger partial charge < -0.3 is 5.32 Å². The molecule has 0 aliphatic heterocycles. The van der Waals surface area contributed by atoms with Gasteiger partial charge in [0, 0.05) is 13.5 Å². The summed E-state index contributed by atoms with van der Waals surface area (Å²) in [4.78, 5) is 10.7. The number of sulfonamides is 1. The Bertz CT molecular complexity index is 453. The highest BCUT2D eigenvalue weighted by molar-refractivity contribution is 7.91. The number of carbonyl (C=O) groups excluding carboxylic acids is 1. The van der Waals surface area contributed by atoms with E-state index in [1.165, 1.54) is 6.92 Å². The summed E-state index contributed by atoms with van der Waals surface area (Å²) >= 11 is 0.803. The van der Waals surface area contributed by atoms with Crippen LogP contribution in [0.15, 0.2) is 4.34 Å². The van der Waals surface area contributed by atoms with Crippen molar-refractivity contribution in [2.24, 2.45) is 0 Å². The summed E-state index contributed by atoms with van der Waals surface area (Å²) < 4.78 is 24.9. The van der Waals surface area contributed by atoms with Gasteiger partial charge in [-0.1, -0.05) is 18.3 Å². The van der Waals surface area contributed by atoms with Crippen molar-refractivity contribution in [3.63, 3.8) is 0 Å². The number of hydrogen-bond acceptors (Lipinski definition) is 6. The summed E-state index contributed by atoms with van der Waals surface area (Å²) in [7, 11) is -3.58. The Kier molecular flexibility index (Phi) is 3.72. The lowest BCUT2D eigenvalue weighted by atomic mass is 10.7. The second kappa shape index (κ2) is 4.64. The molecule has 0 fully saturated rings. The molecule has 0 saturated carbocycles. The van der Waals surface area contributed by atoms with Crippen LogP contribution in [0.3, 0.4) is 0 Å². The SMILES string of the molecule is CCNS(=O)(=O)c1nnc(NC(C)=O)s1. The first kappa shape index (κ1) is 12.0. The molecule has 0 bridgehead atoms. The fourth-order valence-corrected chi connectivity index (χ4v) is 2.80. The molecule has 0 radical (unpaired) electrons. The maximum atomic E-state index is 11.4. The molecule has 84 valence electrons. The first-order valence-electron chi connectivity index (χ1n) is 4.06. The fourth-order valence-electron chi connectivity index (χ4n) is 0.771. The van der Waals surface area contributed by atoms with Crippen LogP contribution < -0.4 is 10.0 Å². The summed E-state index contributed by atoms with van der Waals surface area (Å²) in [6, 6.07) is 0. The van der Waals surface area contributed by atoms with Crippen molar-refractivity contribution in [3.8, 4) is 0 Å². The van der Waals surface area contributed by atoms with Crippen molar-refractivity contribution < 1.29 is 13.2 Å². The largest absolute Gasteiger partial charge is 0.301 e. The van der Waals surface area contributed by atoms with Gasteiger partial charge in [-0.15, -0.1) is 10.2 Å². The number of rotatable bonds is 4. The molecule has 0 aromatic carbocycles. The van der Waals surface area contributed by atoms with Crippen LogP contribution in [0.4, 0.5) is 5.13 Å². The predicted molar refractivity (Wildman–Crippen MR) is 55.1 cm³/mol. The Morgan fingerprint density at radius 1 is 1.47 bits per heavy atom. The van der Waals surface area contributed by atoms with Gasteiger partial charge in [0.25, 0.3) is 10.0 Å². The van der Waals surface area contributed by atoms with Gasteiger partial charge >= 0.3 is 0 Å².